The number of nitrogens with zero attached hydrogens (tertiary/aromatic N) is 6. The molecular formula is C21H36N6O. The van der Waals surface area contributed by atoms with Gasteiger partial charge < -0.3 is 19.8 Å². The van der Waals surface area contributed by atoms with Crippen LogP contribution < -0.4 is 9.80 Å². The Hall–Kier alpha value is -1.44. The monoisotopic (exact) mass is 388 g/mol. The highest BCUT2D eigenvalue weighted by Crippen LogP contribution is 2.24. The van der Waals surface area contributed by atoms with Gasteiger partial charge in [0.25, 0.3) is 0 Å². The van der Waals surface area contributed by atoms with Crippen molar-refractivity contribution in [2.75, 3.05) is 75.8 Å². The van der Waals surface area contributed by atoms with Crippen LogP contribution in [0, 0.1) is 5.92 Å². The summed E-state index contributed by atoms with van der Waals surface area (Å²) in [5, 5.41) is 9.50. The van der Waals surface area contributed by atoms with Crippen LogP contribution in [0.25, 0.3) is 0 Å². The first kappa shape index (κ1) is 19.9. The van der Waals surface area contributed by atoms with Gasteiger partial charge in [0, 0.05) is 64.5 Å². The molecule has 1 aromatic heterocycles. The molecule has 0 saturated carbocycles. The van der Waals surface area contributed by atoms with Crippen LogP contribution in [0.5, 0.6) is 0 Å². The molecule has 0 radical (unpaired) electrons. The molecular weight excluding hydrogens is 352 g/mol. The predicted octanol–water partition coefficient (Wildman–Crippen LogP) is 1.29. The number of aliphatic hydroxyl groups excluding tert-OH is 1. The maximum absolute atomic E-state index is 9.50. The minimum atomic E-state index is 0.270. The lowest BCUT2D eigenvalue weighted by Gasteiger charge is -2.40. The van der Waals surface area contributed by atoms with Crippen molar-refractivity contribution in [1.82, 2.24) is 19.8 Å². The van der Waals surface area contributed by atoms with Gasteiger partial charge in [0.05, 0.1) is 0 Å². The van der Waals surface area contributed by atoms with Crippen molar-refractivity contribution in [2.45, 2.75) is 38.1 Å². The normalized spacial score (nSPS) is 27.9. The summed E-state index contributed by atoms with van der Waals surface area (Å²) < 4.78 is 0. The van der Waals surface area contributed by atoms with Crippen LogP contribution >= 0.6 is 0 Å². The molecule has 2 atom stereocenters. The lowest BCUT2D eigenvalue weighted by molar-refractivity contribution is 0.124. The van der Waals surface area contributed by atoms with Gasteiger partial charge in [-0.3, -0.25) is 4.90 Å². The zero-order valence-corrected chi connectivity index (χ0v) is 17.3. The summed E-state index contributed by atoms with van der Waals surface area (Å²) >= 11 is 0. The van der Waals surface area contributed by atoms with Gasteiger partial charge in [-0.25, -0.2) is 9.97 Å². The van der Waals surface area contributed by atoms with Gasteiger partial charge in [-0.05, 0) is 45.2 Å². The largest absolute Gasteiger partial charge is 0.396 e. The SMILES string of the molecule is CN1CCCC[C@@H]1CN1CCN(c2cc(N3CCC[C@H](CO)C3)ncn2)CC1. The fourth-order valence-corrected chi connectivity index (χ4v) is 4.94. The number of hydrogen-bond acceptors (Lipinski definition) is 7. The molecule has 3 aliphatic rings. The van der Waals surface area contributed by atoms with Crippen molar-refractivity contribution >= 4 is 11.6 Å². The third-order valence-corrected chi connectivity index (χ3v) is 6.83. The first-order valence-corrected chi connectivity index (χ1v) is 11.1. The molecule has 1 aromatic rings. The van der Waals surface area contributed by atoms with Crippen LogP contribution in [0.3, 0.4) is 0 Å². The summed E-state index contributed by atoms with van der Waals surface area (Å²) in [6.07, 6.45) is 8.02. The molecule has 3 fully saturated rings. The van der Waals surface area contributed by atoms with Gasteiger partial charge in [-0.2, -0.15) is 0 Å². The second kappa shape index (κ2) is 9.37. The Kier molecular flexibility index (Phi) is 6.65. The third-order valence-electron chi connectivity index (χ3n) is 6.83. The Morgan fingerprint density at radius 3 is 2.46 bits per heavy atom. The molecule has 4 rings (SSSR count). The summed E-state index contributed by atoms with van der Waals surface area (Å²) in [5.41, 5.74) is 0. The number of likely N-dealkylation sites (tertiary alicyclic amines) is 1. The minimum Gasteiger partial charge on any atom is -0.396 e. The molecule has 0 aliphatic carbocycles. The predicted molar refractivity (Wildman–Crippen MR) is 113 cm³/mol. The lowest BCUT2D eigenvalue weighted by atomic mass is 9.99. The number of piperidine rings is 2. The Morgan fingerprint density at radius 2 is 1.71 bits per heavy atom. The molecule has 0 spiro atoms. The fraction of sp³-hybridized carbons (Fsp3) is 0.810. The number of anilines is 2. The van der Waals surface area contributed by atoms with E-state index in [4.69, 9.17) is 0 Å². The van der Waals surface area contributed by atoms with Crippen LogP contribution in [-0.4, -0.2) is 96.9 Å². The number of likely N-dealkylation sites (N-methyl/N-ethyl adjacent to an activating group) is 1. The van der Waals surface area contributed by atoms with Gasteiger partial charge in [0.15, 0.2) is 0 Å². The molecule has 156 valence electrons. The number of piperazine rings is 1. The molecule has 0 amide bonds. The first-order chi connectivity index (χ1) is 13.7. The van der Waals surface area contributed by atoms with Crippen molar-refractivity contribution in [3.63, 3.8) is 0 Å². The van der Waals surface area contributed by atoms with Crippen molar-refractivity contribution in [1.29, 1.82) is 0 Å². The van der Waals surface area contributed by atoms with Crippen LogP contribution in [0.1, 0.15) is 32.1 Å². The molecule has 1 N–H and O–H groups in total. The summed E-state index contributed by atoms with van der Waals surface area (Å²) in [6, 6.07) is 2.87. The summed E-state index contributed by atoms with van der Waals surface area (Å²) in [5.74, 6) is 2.42. The van der Waals surface area contributed by atoms with Crippen LogP contribution in [0.2, 0.25) is 0 Å². The highest BCUT2D eigenvalue weighted by atomic mass is 16.3. The zero-order chi connectivity index (χ0) is 19.3. The average molecular weight is 389 g/mol. The smallest absolute Gasteiger partial charge is 0.134 e. The Labute approximate surface area is 169 Å². The van der Waals surface area contributed by atoms with Gasteiger partial charge in [0.1, 0.15) is 18.0 Å². The van der Waals surface area contributed by atoms with E-state index in [9.17, 15) is 5.11 Å². The van der Waals surface area contributed by atoms with Crippen molar-refractivity contribution in [3.8, 4) is 0 Å². The quantitative estimate of drug-likeness (QED) is 0.816. The number of rotatable bonds is 5. The second-order valence-corrected chi connectivity index (χ2v) is 8.79. The van der Waals surface area contributed by atoms with E-state index < -0.39 is 0 Å². The molecule has 3 saturated heterocycles. The molecule has 28 heavy (non-hydrogen) atoms. The van der Waals surface area contributed by atoms with E-state index in [0.717, 1.165) is 69.8 Å². The molecule has 0 aromatic carbocycles. The van der Waals surface area contributed by atoms with Crippen LogP contribution in [0.15, 0.2) is 12.4 Å². The van der Waals surface area contributed by atoms with E-state index in [0.29, 0.717) is 5.92 Å². The highest BCUT2D eigenvalue weighted by molar-refractivity contribution is 5.50. The molecule has 0 unspecified atom stereocenters. The maximum Gasteiger partial charge on any atom is 0.134 e. The Bertz CT molecular complexity index is 621. The molecule has 7 heteroatoms. The fourth-order valence-electron chi connectivity index (χ4n) is 4.94. The topological polar surface area (TPSA) is 59.0 Å². The van der Waals surface area contributed by atoms with Gasteiger partial charge in [0.2, 0.25) is 0 Å². The number of hydrogen-bond donors (Lipinski definition) is 1. The lowest BCUT2D eigenvalue weighted by Crippen LogP contribution is -2.52. The molecule has 7 nitrogen and oxygen atoms in total. The summed E-state index contributed by atoms with van der Waals surface area (Å²) in [6.45, 7) is 8.94. The Morgan fingerprint density at radius 1 is 0.929 bits per heavy atom. The van der Waals surface area contributed by atoms with E-state index in [1.807, 2.05) is 0 Å². The third kappa shape index (κ3) is 4.75. The molecule has 3 aliphatic heterocycles. The summed E-state index contributed by atoms with van der Waals surface area (Å²) in [7, 11) is 2.28. The van der Waals surface area contributed by atoms with E-state index in [1.165, 1.54) is 32.4 Å². The van der Waals surface area contributed by atoms with E-state index in [1.54, 1.807) is 6.33 Å². The standard InChI is InChI=1S/C21H36N6O/c1-24-7-3-2-6-19(24)15-25-9-11-26(12-10-25)20-13-21(23-17-22-20)27-8-4-5-18(14-27)16-28/h13,17-19,28H,2-12,14-16H2,1H3/t18-,19+/m0/s1. The average Bonchev–Trinajstić information content (AvgIpc) is 2.76. The molecule has 0 bridgehead atoms. The van der Waals surface area contributed by atoms with Crippen LogP contribution in [-0.2, 0) is 0 Å². The van der Waals surface area contributed by atoms with Gasteiger partial charge in [-0.1, -0.05) is 6.42 Å². The highest BCUT2D eigenvalue weighted by Gasteiger charge is 2.25. The second-order valence-electron chi connectivity index (χ2n) is 8.79. The Balaban J connectivity index is 1.32. The van der Waals surface area contributed by atoms with Gasteiger partial charge >= 0.3 is 0 Å². The van der Waals surface area contributed by atoms with E-state index >= 15 is 0 Å². The minimum absolute atomic E-state index is 0.270. The number of aromatic nitrogens is 2. The first-order valence-electron chi connectivity index (χ1n) is 11.1. The van der Waals surface area contributed by atoms with Gasteiger partial charge in [-0.15, -0.1) is 0 Å². The zero-order valence-electron chi connectivity index (χ0n) is 17.3. The van der Waals surface area contributed by atoms with Crippen molar-refractivity contribution in [2.24, 2.45) is 5.92 Å². The van der Waals surface area contributed by atoms with E-state index in [-0.39, 0.29) is 6.61 Å². The van der Waals surface area contributed by atoms with E-state index in [2.05, 4.69) is 42.7 Å². The molecule has 4 heterocycles. The van der Waals surface area contributed by atoms with Crippen molar-refractivity contribution < 1.29 is 5.11 Å². The van der Waals surface area contributed by atoms with Crippen molar-refractivity contribution in [3.05, 3.63) is 12.4 Å². The maximum atomic E-state index is 9.50. The van der Waals surface area contributed by atoms with Crippen LogP contribution in [0.4, 0.5) is 11.6 Å². The summed E-state index contributed by atoms with van der Waals surface area (Å²) in [4.78, 5) is 19.0. The number of aliphatic hydroxyl groups is 1.